The lowest BCUT2D eigenvalue weighted by Gasteiger charge is -2.14. The zero-order chi connectivity index (χ0) is 29.3. The molecular formula is C30H17N3O8-2. The van der Waals surface area contributed by atoms with E-state index in [0.717, 1.165) is 4.90 Å². The third kappa shape index (κ3) is 5.27. The van der Waals surface area contributed by atoms with E-state index in [4.69, 9.17) is 0 Å². The van der Waals surface area contributed by atoms with Crippen molar-refractivity contribution in [3.63, 3.8) is 0 Å². The number of carbonyl (C=O) groups is 6. The van der Waals surface area contributed by atoms with Crippen LogP contribution >= 0.6 is 0 Å². The smallest absolute Gasteiger partial charge is 0.266 e. The minimum atomic E-state index is -1.35. The highest BCUT2D eigenvalue weighted by atomic mass is 16.4. The Kier molecular flexibility index (Phi) is 6.84. The molecule has 11 nitrogen and oxygen atoms in total. The molecule has 0 saturated carbocycles. The van der Waals surface area contributed by atoms with Gasteiger partial charge in [0, 0.05) is 22.5 Å². The summed E-state index contributed by atoms with van der Waals surface area (Å²) >= 11 is 0. The maximum Gasteiger partial charge on any atom is 0.266 e. The fourth-order valence-electron chi connectivity index (χ4n) is 4.16. The number of nitrogens with zero attached hydrogens (tertiary/aromatic N) is 1. The first-order chi connectivity index (χ1) is 19.6. The number of aromatic carboxylic acids is 2. The zero-order valence-electron chi connectivity index (χ0n) is 20.9. The summed E-state index contributed by atoms with van der Waals surface area (Å²) in [5.74, 6) is -5.00. The summed E-state index contributed by atoms with van der Waals surface area (Å²) in [5.41, 5.74) is 1.27. The molecule has 4 aromatic carbocycles. The summed E-state index contributed by atoms with van der Waals surface area (Å²) in [7, 11) is 0. The molecule has 2 N–H and O–H groups in total. The van der Waals surface area contributed by atoms with Gasteiger partial charge in [0.25, 0.3) is 23.6 Å². The van der Waals surface area contributed by atoms with Crippen molar-refractivity contribution in [2.45, 2.75) is 0 Å². The predicted octanol–water partition coefficient (Wildman–Crippen LogP) is 1.72. The van der Waals surface area contributed by atoms with E-state index in [0.29, 0.717) is 11.4 Å². The Morgan fingerprint density at radius 3 is 1.41 bits per heavy atom. The van der Waals surface area contributed by atoms with E-state index in [1.807, 2.05) is 0 Å². The molecule has 0 fully saturated rings. The first kappa shape index (κ1) is 26.5. The third-order valence-corrected chi connectivity index (χ3v) is 6.29. The third-order valence-electron chi connectivity index (χ3n) is 6.29. The van der Waals surface area contributed by atoms with Crippen LogP contribution in [0.2, 0.25) is 0 Å². The van der Waals surface area contributed by atoms with Crippen molar-refractivity contribution in [2.75, 3.05) is 15.5 Å². The summed E-state index contributed by atoms with van der Waals surface area (Å²) in [6.45, 7) is 0. The summed E-state index contributed by atoms with van der Waals surface area (Å²) in [6, 6.07) is 20.5. The molecule has 0 aliphatic carbocycles. The summed E-state index contributed by atoms with van der Waals surface area (Å²) in [5, 5.41) is 27.0. The van der Waals surface area contributed by atoms with Gasteiger partial charge >= 0.3 is 0 Å². The molecule has 0 atom stereocenters. The molecule has 5 rings (SSSR count). The van der Waals surface area contributed by atoms with Crippen LogP contribution in [0.4, 0.5) is 17.1 Å². The van der Waals surface area contributed by atoms with Gasteiger partial charge in [0.2, 0.25) is 0 Å². The van der Waals surface area contributed by atoms with Crippen LogP contribution in [0, 0.1) is 0 Å². The van der Waals surface area contributed by atoms with Crippen molar-refractivity contribution in [1.29, 1.82) is 0 Å². The number of hydrogen-bond donors (Lipinski definition) is 2. The van der Waals surface area contributed by atoms with Gasteiger partial charge < -0.3 is 30.4 Å². The van der Waals surface area contributed by atoms with Crippen LogP contribution in [0.5, 0.6) is 0 Å². The molecule has 202 valence electrons. The van der Waals surface area contributed by atoms with Gasteiger partial charge in [0.05, 0.1) is 28.8 Å². The number of carbonyl (C=O) groups excluding carboxylic acids is 6. The summed E-state index contributed by atoms with van der Waals surface area (Å²) in [4.78, 5) is 74.2. The summed E-state index contributed by atoms with van der Waals surface area (Å²) < 4.78 is 0. The fraction of sp³-hybridized carbons (Fsp3) is 0. The Labute approximate surface area is 231 Å². The number of nitrogens with one attached hydrogen (secondary N) is 2. The first-order valence-corrected chi connectivity index (χ1v) is 12.0. The van der Waals surface area contributed by atoms with Crippen molar-refractivity contribution in [3.05, 3.63) is 124 Å². The van der Waals surface area contributed by atoms with Crippen molar-refractivity contribution in [2.24, 2.45) is 0 Å². The molecule has 4 aromatic rings. The normalized spacial score (nSPS) is 12.0. The van der Waals surface area contributed by atoms with Crippen LogP contribution in [-0.2, 0) is 0 Å². The van der Waals surface area contributed by atoms with E-state index in [9.17, 15) is 39.0 Å². The van der Waals surface area contributed by atoms with Crippen molar-refractivity contribution in [1.82, 2.24) is 0 Å². The standard InChI is InChI=1S/C30H19N3O8/c34-25(31-20-8-1-17(2-9-20)29(38)39)16-5-12-22(13-6-16)33-27(36)23-14-7-19(15-24(23)28(33)37)26(35)32-21-10-3-18(4-11-21)30(40)41/h1-15H,(H,31,34)(H,32,35)(H,38,39)(H,40,41)/p-2. The Balaban J connectivity index is 1.29. The minimum Gasteiger partial charge on any atom is -0.545 e. The lowest BCUT2D eigenvalue weighted by atomic mass is 10.1. The largest absolute Gasteiger partial charge is 0.545 e. The number of rotatable bonds is 7. The maximum atomic E-state index is 13.2. The second-order valence-electron chi connectivity index (χ2n) is 8.89. The van der Waals surface area contributed by atoms with Gasteiger partial charge in [-0.3, -0.25) is 19.2 Å². The Morgan fingerprint density at radius 2 is 0.927 bits per heavy atom. The van der Waals surface area contributed by atoms with Gasteiger partial charge in [-0.15, -0.1) is 0 Å². The molecule has 0 bridgehead atoms. The van der Waals surface area contributed by atoms with Crippen LogP contribution < -0.4 is 25.7 Å². The molecule has 1 aliphatic heterocycles. The lowest BCUT2D eigenvalue weighted by molar-refractivity contribution is -0.256. The molecule has 4 amide bonds. The molecule has 0 saturated heterocycles. The molecule has 41 heavy (non-hydrogen) atoms. The first-order valence-electron chi connectivity index (χ1n) is 12.0. The molecular weight excluding hydrogens is 530 g/mol. The van der Waals surface area contributed by atoms with E-state index < -0.39 is 35.6 Å². The van der Waals surface area contributed by atoms with Crippen LogP contribution in [-0.4, -0.2) is 35.6 Å². The zero-order valence-corrected chi connectivity index (χ0v) is 20.9. The Bertz CT molecular complexity index is 1740. The van der Waals surface area contributed by atoms with Gasteiger partial charge in [-0.1, -0.05) is 24.3 Å². The van der Waals surface area contributed by atoms with Gasteiger partial charge in [0.15, 0.2) is 0 Å². The molecule has 1 aliphatic rings. The minimum absolute atomic E-state index is 0.0248. The van der Waals surface area contributed by atoms with Gasteiger partial charge in [-0.05, 0) is 77.9 Å². The fourth-order valence-corrected chi connectivity index (χ4v) is 4.16. The average molecular weight is 547 g/mol. The molecule has 0 unspecified atom stereocenters. The van der Waals surface area contributed by atoms with Crippen LogP contribution in [0.3, 0.4) is 0 Å². The van der Waals surface area contributed by atoms with E-state index in [2.05, 4.69) is 10.6 Å². The Morgan fingerprint density at radius 1 is 0.512 bits per heavy atom. The van der Waals surface area contributed by atoms with Gasteiger partial charge in [-0.25, -0.2) is 4.90 Å². The second kappa shape index (κ2) is 10.6. The maximum absolute atomic E-state index is 13.2. The highest BCUT2D eigenvalue weighted by Crippen LogP contribution is 2.30. The molecule has 0 aromatic heterocycles. The topological polar surface area (TPSA) is 176 Å². The molecule has 0 spiro atoms. The average Bonchev–Trinajstić information content (AvgIpc) is 3.22. The van der Waals surface area contributed by atoms with Crippen molar-refractivity contribution in [3.8, 4) is 0 Å². The lowest BCUT2D eigenvalue weighted by Crippen LogP contribution is -2.29. The van der Waals surface area contributed by atoms with E-state index in [1.54, 1.807) is 0 Å². The monoisotopic (exact) mass is 547 g/mol. The number of fused-ring (bicyclic) bond motifs is 1. The predicted molar refractivity (Wildman–Crippen MR) is 141 cm³/mol. The van der Waals surface area contributed by atoms with E-state index in [1.165, 1.54) is 91.0 Å². The number of amides is 4. The highest BCUT2D eigenvalue weighted by molar-refractivity contribution is 6.34. The quantitative estimate of drug-likeness (QED) is 0.329. The number of hydrogen-bond acceptors (Lipinski definition) is 8. The second-order valence-corrected chi connectivity index (χ2v) is 8.89. The van der Waals surface area contributed by atoms with Crippen molar-refractivity contribution >= 4 is 52.6 Å². The highest BCUT2D eigenvalue weighted by Gasteiger charge is 2.37. The summed E-state index contributed by atoms with van der Waals surface area (Å²) in [6.07, 6.45) is 0. The number of imide groups is 1. The SMILES string of the molecule is O=C([O-])c1ccc(NC(=O)c2ccc(N3C(=O)c4ccc(C(=O)Nc5ccc(C(=O)[O-])cc5)cc4C3=O)cc2)cc1. The molecule has 1 heterocycles. The number of carboxylic acids is 2. The molecule has 0 radical (unpaired) electrons. The number of anilines is 3. The van der Waals surface area contributed by atoms with Crippen LogP contribution in [0.1, 0.15) is 62.1 Å². The number of carboxylic acid groups (broad SMARTS) is 2. The Hall–Kier alpha value is -6.10. The molecule has 11 heteroatoms. The van der Waals surface area contributed by atoms with Crippen molar-refractivity contribution < 1.29 is 39.0 Å². The van der Waals surface area contributed by atoms with Gasteiger partial charge in [0.1, 0.15) is 0 Å². The van der Waals surface area contributed by atoms with Gasteiger partial charge in [-0.2, -0.15) is 0 Å². The van der Waals surface area contributed by atoms with Crippen LogP contribution in [0.25, 0.3) is 0 Å². The van der Waals surface area contributed by atoms with E-state index in [-0.39, 0.29) is 39.1 Å². The number of benzene rings is 4. The van der Waals surface area contributed by atoms with Crippen LogP contribution in [0.15, 0.2) is 91.0 Å². The van der Waals surface area contributed by atoms with E-state index >= 15 is 0 Å².